The fourth-order valence-electron chi connectivity index (χ4n) is 3.49. The molecular weight excluding hydrogens is 312 g/mol. The highest BCUT2D eigenvalue weighted by molar-refractivity contribution is 5.89. The third-order valence-corrected chi connectivity index (χ3v) is 4.77. The number of hydrogen-bond donors (Lipinski definition) is 0. The summed E-state index contributed by atoms with van der Waals surface area (Å²) in [5, 5.41) is 0. The maximum atomic E-state index is 12.6. The van der Waals surface area contributed by atoms with Crippen molar-refractivity contribution in [3.63, 3.8) is 0 Å². The van der Waals surface area contributed by atoms with Crippen LogP contribution in [-0.2, 0) is 19.1 Å². The van der Waals surface area contributed by atoms with Crippen LogP contribution in [0, 0.1) is 0 Å². The minimum absolute atomic E-state index is 0.00681. The van der Waals surface area contributed by atoms with Gasteiger partial charge in [-0.3, -0.25) is 4.79 Å². The molecule has 0 bridgehead atoms. The van der Waals surface area contributed by atoms with Crippen LogP contribution < -0.4 is 9.64 Å². The van der Waals surface area contributed by atoms with Crippen LogP contribution in [-0.4, -0.2) is 62.0 Å². The lowest BCUT2D eigenvalue weighted by Gasteiger charge is -2.38. The molecule has 0 aromatic heterocycles. The molecule has 1 aromatic rings. The largest absolute Gasteiger partial charge is 0.423 e. The number of benzene rings is 1. The molecule has 128 valence electrons. The second kappa shape index (κ2) is 6.07. The van der Waals surface area contributed by atoms with Gasteiger partial charge in [-0.25, -0.2) is 4.79 Å². The predicted molar refractivity (Wildman–Crippen MR) is 84.7 cm³/mol. The molecule has 0 radical (unpaired) electrons. The molecule has 24 heavy (non-hydrogen) atoms. The highest BCUT2D eigenvalue weighted by Gasteiger charge is 2.41. The molecule has 4 rings (SSSR count). The number of rotatable bonds is 2. The molecule has 3 heterocycles. The second-order valence-corrected chi connectivity index (χ2v) is 6.29. The van der Waals surface area contributed by atoms with E-state index in [1.54, 1.807) is 11.0 Å². The topological polar surface area (TPSA) is 68.3 Å². The van der Waals surface area contributed by atoms with Gasteiger partial charge in [0.05, 0.1) is 25.4 Å². The Hall–Kier alpha value is -2.12. The van der Waals surface area contributed by atoms with E-state index in [0.717, 1.165) is 5.69 Å². The maximum absolute atomic E-state index is 12.6. The van der Waals surface area contributed by atoms with Crippen molar-refractivity contribution in [1.82, 2.24) is 4.90 Å². The summed E-state index contributed by atoms with van der Waals surface area (Å²) >= 11 is 0. The highest BCUT2D eigenvalue weighted by atomic mass is 16.7. The summed E-state index contributed by atoms with van der Waals surface area (Å²) in [7, 11) is 0. The van der Waals surface area contributed by atoms with Crippen molar-refractivity contribution < 1.29 is 23.8 Å². The molecule has 0 saturated carbocycles. The monoisotopic (exact) mass is 332 g/mol. The number of carbonyl (C=O) groups excluding carboxylic acids is 2. The quantitative estimate of drug-likeness (QED) is 0.589. The van der Waals surface area contributed by atoms with Gasteiger partial charge in [0.1, 0.15) is 6.54 Å². The highest BCUT2D eigenvalue weighted by Crippen LogP contribution is 2.33. The van der Waals surface area contributed by atoms with Crippen molar-refractivity contribution in [2.24, 2.45) is 0 Å². The van der Waals surface area contributed by atoms with Gasteiger partial charge in [-0.1, -0.05) is 12.1 Å². The first-order valence-corrected chi connectivity index (χ1v) is 8.26. The SMILES string of the molecule is O=C1CN(CC(=O)N2CCC3(CC2)OCCO3)c2ccccc2O1. The van der Waals surface area contributed by atoms with Crippen LogP contribution in [0.1, 0.15) is 12.8 Å². The van der Waals surface area contributed by atoms with Gasteiger partial charge >= 0.3 is 5.97 Å². The molecule has 3 aliphatic heterocycles. The fourth-order valence-corrected chi connectivity index (χ4v) is 3.49. The van der Waals surface area contributed by atoms with E-state index in [-0.39, 0.29) is 25.0 Å². The number of carbonyl (C=O) groups is 2. The molecule has 0 N–H and O–H groups in total. The number of fused-ring (bicyclic) bond motifs is 1. The third-order valence-electron chi connectivity index (χ3n) is 4.77. The first-order chi connectivity index (χ1) is 11.7. The third kappa shape index (κ3) is 2.85. The average molecular weight is 332 g/mol. The lowest BCUT2D eigenvalue weighted by atomic mass is 10.0. The summed E-state index contributed by atoms with van der Waals surface area (Å²) in [5.41, 5.74) is 0.779. The first kappa shape index (κ1) is 15.4. The minimum Gasteiger partial charge on any atom is -0.423 e. The Morgan fingerprint density at radius 3 is 2.58 bits per heavy atom. The van der Waals surface area contributed by atoms with Crippen molar-refractivity contribution in [1.29, 1.82) is 0 Å². The standard InChI is InChI=1S/C17H20N2O5/c20-15(18-7-5-17(6-8-18)22-9-10-23-17)11-19-12-16(21)24-14-4-2-1-3-13(14)19/h1-4H,5-12H2. The van der Waals surface area contributed by atoms with Gasteiger partial charge in [-0.05, 0) is 12.1 Å². The molecule has 0 unspecified atom stereocenters. The predicted octanol–water partition coefficient (Wildman–Crippen LogP) is 0.777. The average Bonchev–Trinajstić information content (AvgIpc) is 3.03. The molecular formula is C17H20N2O5. The number of hydrogen-bond acceptors (Lipinski definition) is 6. The van der Waals surface area contributed by atoms with Gasteiger partial charge in [-0.15, -0.1) is 0 Å². The number of anilines is 1. The molecule has 1 spiro atoms. The number of ether oxygens (including phenoxy) is 3. The number of likely N-dealkylation sites (tertiary alicyclic amines) is 1. The van der Waals surface area contributed by atoms with E-state index in [2.05, 4.69) is 0 Å². The summed E-state index contributed by atoms with van der Waals surface area (Å²) in [6.45, 7) is 2.73. The molecule has 1 aromatic carbocycles. The van der Waals surface area contributed by atoms with Gasteiger partial charge in [0.2, 0.25) is 5.91 Å². The Morgan fingerprint density at radius 1 is 1.12 bits per heavy atom. The van der Waals surface area contributed by atoms with Crippen molar-refractivity contribution in [2.45, 2.75) is 18.6 Å². The first-order valence-electron chi connectivity index (χ1n) is 8.26. The van der Waals surface area contributed by atoms with Crippen molar-refractivity contribution in [3.8, 4) is 5.75 Å². The Labute approximate surface area is 140 Å². The molecule has 0 atom stereocenters. The van der Waals surface area contributed by atoms with Crippen molar-refractivity contribution in [2.75, 3.05) is 44.3 Å². The molecule has 3 aliphatic rings. The molecule has 0 aliphatic carbocycles. The van der Waals surface area contributed by atoms with E-state index >= 15 is 0 Å². The van der Waals surface area contributed by atoms with Crippen LogP contribution in [0.15, 0.2) is 24.3 Å². The Bertz CT molecular complexity index is 646. The molecule has 2 fully saturated rings. The summed E-state index contributed by atoms with van der Waals surface area (Å²) < 4.78 is 16.6. The maximum Gasteiger partial charge on any atom is 0.331 e. The van der Waals surface area contributed by atoms with Gasteiger partial charge in [0.15, 0.2) is 11.5 Å². The zero-order chi connectivity index (χ0) is 16.6. The van der Waals surface area contributed by atoms with E-state index in [9.17, 15) is 9.59 Å². The zero-order valence-corrected chi connectivity index (χ0v) is 13.4. The van der Waals surface area contributed by atoms with Crippen LogP contribution >= 0.6 is 0 Å². The van der Waals surface area contributed by atoms with Gasteiger partial charge in [0.25, 0.3) is 0 Å². The lowest BCUT2D eigenvalue weighted by Crippen LogP contribution is -2.51. The number of nitrogens with zero attached hydrogens (tertiary/aromatic N) is 2. The van der Waals surface area contributed by atoms with E-state index in [1.165, 1.54) is 0 Å². The van der Waals surface area contributed by atoms with E-state index < -0.39 is 5.79 Å². The number of amides is 1. The number of esters is 1. The molecule has 7 heteroatoms. The summed E-state index contributed by atoms with van der Waals surface area (Å²) in [6, 6.07) is 7.28. The molecule has 7 nitrogen and oxygen atoms in total. The molecule has 2 saturated heterocycles. The Kier molecular flexibility index (Phi) is 3.90. The van der Waals surface area contributed by atoms with Gasteiger partial charge in [0, 0.05) is 25.9 Å². The summed E-state index contributed by atoms with van der Waals surface area (Å²) in [4.78, 5) is 28.0. The van der Waals surface area contributed by atoms with Crippen LogP contribution in [0.3, 0.4) is 0 Å². The lowest BCUT2D eigenvalue weighted by molar-refractivity contribution is -0.187. The fraction of sp³-hybridized carbons (Fsp3) is 0.529. The van der Waals surface area contributed by atoms with Crippen molar-refractivity contribution >= 4 is 17.6 Å². The van der Waals surface area contributed by atoms with Crippen LogP contribution in [0.2, 0.25) is 0 Å². The normalized spacial score (nSPS) is 22.4. The van der Waals surface area contributed by atoms with Gasteiger partial charge in [-0.2, -0.15) is 0 Å². The number of piperidine rings is 1. The van der Waals surface area contributed by atoms with Crippen LogP contribution in [0.4, 0.5) is 5.69 Å². The molecule has 1 amide bonds. The smallest absolute Gasteiger partial charge is 0.331 e. The Morgan fingerprint density at radius 2 is 1.83 bits per heavy atom. The second-order valence-electron chi connectivity index (χ2n) is 6.29. The summed E-state index contributed by atoms with van der Waals surface area (Å²) in [6.07, 6.45) is 1.38. The minimum atomic E-state index is -0.488. The summed E-state index contributed by atoms with van der Waals surface area (Å²) in [5.74, 6) is -0.315. The van der Waals surface area contributed by atoms with E-state index in [0.29, 0.717) is 44.9 Å². The van der Waals surface area contributed by atoms with Crippen LogP contribution in [0.5, 0.6) is 5.75 Å². The number of para-hydroxylation sites is 2. The zero-order valence-electron chi connectivity index (χ0n) is 13.4. The van der Waals surface area contributed by atoms with Crippen LogP contribution in [0.25, 0.3) is 0 Å². The van der Waals surface area contributed by atoms with Crippen molar-refractivity contribution in [3.05, 3.63) is 24.3 Å². The van der Waals surface area contributed by atoms with E-state index in [4.69, 9.17) is 14.2 Å². The van der Waals surface area contributed by atoms with Gasteiger partial charge < -0.3 is 24.0 Å². The Balaban J connectivity index is 1.41. The van der Waals surface area contributed by atoms with E-state index in [1.807, 2.05) is 23.1 Å².